The summed E-state index contributed by atoms with van der Waals surface area (Å²) < 4.78 is 1.32. The van der Waals surface area contributed by atoms with Crippen molar-refractivity contribution in [3.8, 4) is 0 Å². The first-order chi connectivity index (χ1) is 8.65. The van der Waals surface area contributed by atoms with E-state index in [4.69, 9.17) is 0 Å². The van der Waals surface area contributed by atoms with Crippen LogP contribution in [-0.2, 0) is 13.5 Å². The highest BCUT2D eigenvalue weighted by Gasteiger charge is 2.21. The van der Waals surface area contributed by atoms with Crippen LogP contribution in [0.5, 0.6) is 0 Å². The minimum Gasteiger partial charge on any atom is -0.299 e. The first-order valence-electron chi connectivity index (χ1n) is 5.72. The smallest absolute Gasteiger partial charge is 0.277 e. The Hall–Kier alpha value is -2.24. The van der Waals surface area contributed by atoms with E-state index in [0.29, 0.717) is 17.7 Å². The zero-order chi connectivity index (χ0) is 13.1. The number of carbonyl (C=O) groups is 1. The molecule has 0 aliphatic heterocycles. The molecule has 0 aromatic carbocycles. The molecule has 18 heavy (non-hydrogen) atoms. The van der Waals surface area contributed by atoms with Gasteiger partial charge < -0.3 is 0 Å². The molecule has 0 aliphatic rings. The number of carbonyl (C=O) groups excluding carboxylic acids is 1. The second-order valence-corrected chi connectivity index (χ2v) is 4.04. The van der Waals surface area contributed by atoms with Crippen molar-refractivity contribution in [2.45, 2.75) is 19.8 Å². The van der Waals surface area contributed by atoms with E-state index in [2.05, 4.69) is 15.1 Å². The fourth-order valence-corrected chi connectivity index (χ4v) is 1.83. The minimum absolute atomic E-state index is 0.189. The highest BCUT2D eigenvalue weighted by Crippen LogP contribution is 2.10. The molecule has 2 aromatic rings. The van der Waals surface area contributed by atoms with Crippen LogP contribution in [0.15, 0.2) is 23.5 Å². The molecular weight excluding hydrogens is 232 g/mol. The van der Waals surface area contributed by atoms with Gasteiger partial charge >= 0.3 is 0 Å². The Balaban J connectivity index is 2.51. The highest BCUT2D eigenvalue weighted by molar-refractivity contribution is 6.09. The number of hydrogen-bond donors (Lipinski definition) is 1. The fourth-order valence-electron chi connectivity index (χ4n) is 1.83. The number of aryl methyl sites for hydroxylation is 2. The highest BCUT2D eigenvalue weighted by atomic mass is 16.2. The summed E-state index contributed by atoms with van der Waals surface area (Å²) in [7, 11) is 1.60. The maximum absolute atomic E-state index is 12.3. The van der Waals surface area contributed by atoms with Gasteiger partial charge in [0.15, 0.2) is 0 Å². The number of nitrogens with one attached hydrogen (secondary N) is 1. The van der Waals surface area contributed by atoms with Crippen LogP contribution in [0.3, 0.4) is 0 Å². The molecule has 2 heterocycles. The lowest BCUT2D eigenvalue weighted by Gasteiger charge is -1.99. The van der Waals surface area contributed by atoms with Crippen LogP contribution in [0.4, 0.5) is 0 Å². The van der Waals surface area contributed by atoms with Crippen molar-refractivity contribution in [2.24, 2.45) is 7.05 Å². The molecule has 0 atom stereocenters. The fraction of sp³-hybridized carbons (Fsp3) is 0.333. The van der Waals surface area contributed by atoms with Crippen molar-refractivity contribution < 1.29 is 4.79 Å². The SMILES string of the molecule is CCCc1[nH]n(C)c(=O)c1C(=O)c1cncnc1. The van der Waals surface area contributed by atoms with E-state index in [1.807, 2.05) is 6.92 Å². The number of aromatic nitrogens is 4. The van der Waals surface area contributed by atoms with E-state index in [1.54, 1.807) is 7.05 Å². The summed E-state index contributed by atoms with van der Waals surface area (Å²) in [6, 6.07) is 0. The maximum Gasteiger partial charge on any atom is 0.277 e. The quantitative estimate of drug-likeness (QED) is 0.805. The van der Waals surface area contributed by atoms with Crippen molar-refractivity contribution in [2.75, 3.05) is 0 Å². The second kappa shape index (κ2) is 4.95. The van der Waals surface area contributed by atoms with Gasteiger partial charge in [-0.1, -0.05) is 13.3 Å². The van der Waals surface area contributed by atoms with Crippen LogP contribution in [0.25, 0.3) is 0 Å². The predicted molar refractivity (Wildman–Crippen MR) is 65.5 cm³/mol. The summed E-state index contributed by atoms with van der Waals surface area (Å²) in [5, 5.41) is 2.91. The number of hydrogen-bond acceptors (Lipinski definition) is 4. The van der Waals surface area contributed by atoms with Gasteiger partial charge in [0, 0.05) is 25.1 Å². The van der Waals surface area contributed by atoms with Gasteiger partial charge in [-0.25, -0.2) is 9.97 Å². The maximum atomic E-state index is 12.3. The van der Waals surface area contributed by atoms with Crippen LogP contribution < -0.4 is 5.56 Å². The molecule has 94 valence electrons. The number of ketones is 1. The monoisotopic (exact) mass is 246 g/mol. The number of H-pyrrole nitrogens is 1. The lowest BCUT2D eigenvalue weighted by Crippen LogP contribution is -2.20. The van der Waals surface area contributed by atoms with Crippen LogP contribution in [0, 0.1) is 0 Å². The summed E-state index contributed by atoms with van der Waals surface area (Å²) in [6.45, 7) is 1.99. The first-order valence-corrected chi connectivity index (χ1v) is 5.72. The Labute approximate surface area is 104 Å². The largest absolute Gasteiger partial charge is 0.299 e. The van der Waals surface area contributed by atoms with E-state index >= 15 is 0 Å². The lowest BCUT2D eigenvalue weighted by molar-refractivity contribution is 0.103. The molecule has 1 N–H and O–H groups in total. The third-order valence-corrected chi connectivity index (χ3v) is 2.67. The minimum atomic E-state index is -0.332. The number of rotatable bonds is 4. The van der Waals surface area contributed by atoms with Crippen LogP contribution in [0.1, 0.15) is 35.0 Å². The van der Waals surface area contributed by atoms with E-state index < -0.39 is 0 Å². The third-order valence-electron chi connectivity index (χ3n) is 2.67. The summed E-state index contributed by atoms with van der Waals surface area (Å²) in [6.07, 6.45) is 5.68. The van der Waals surface area contributed by atoms with Gasteiger partial charge in [0.25, 0.3) is 5.56 Å². The van der Waals surface area contributed by atoms with Crippen LogP contribution in [-0.4, -0.2) is 25.5 Å². The Morgan fingerprint density at radius 3 is 2.67 bits per heavy atom. The molecule has 0 aliphatic carbocycles. The Bertz CT molecular complexity index is 613. The Morgan fingerprint density at radius 1 is 1.39 bits per heavy atom. The first kappa shape index (κ1) is 12.2. The molecule has 0 bridgehead atoms. The average molecular weight is 246 g/mol. The number of aromatic amines is 1. The van der Waals surface area contributed by atoms with Crippen molar-refractivity contribution in [1.29, 1.82) is 0 Å². The molecule has 0 unspecified atom stereocenters. The molecule has 6 nitrogen and oxygen atoms in total. The van der Waals surface area contributed by atoms with E-state index in [9.17, 15) is 9.59 Å². The molecule has 0 saturated heterocycles. The summed E-state index contributed by atoms with van der Waals surface area (Å²) >= 11 is 0. The molecule has 0 spiro atoms. The molecule has 0 saturated carbocycles. The van der Waals surface area contributed by atoms with Gasteiger partial charge in [-0.05, 0) is 6.42 Å². The van der Waals surface area contributed by atoms with Crippen molar-refractivity contribution in [3.05, 3.63) is 45.9 Å². The van der Waals surface area contributed by atoms with Gasteiger partial charge in [-0.3, -0.25) is 19.4 Å². The molecule has 0 radical (unpaired) electrons. The van der Waals surface area contributed by atoms with Crippen LogP contribution >= 0.6 is 0 Å². The van der Waals surface area contributed by atoms with Crippen molar-refractivity contribution in [1.82, 2.24) is 19.7 Å². The zero-order valence-electron chi connectivity index (χ0n) is 10.3. The Morgan fingerprint density at radius 2 is 2.06 bits per heavy atom. The second-order valence-electron chi connectivity index (χ2n) is 4.04. The molecule has 0 amide bonds. The van der Waals surface area contributed by atoms with Gasteiger partial charge in [-0.15, -0.1) is 0 Å². The normalized spacial score (nSPS) is 10.6. The lowest BCUT2D eigenvalue weighted by atomic mass is 10.0. The Kier molecular flexibility index (Phi) is 3.36. The molecule has 6 heteroatoms. The summed E-state index contributed by atoms with van der Waals surface area (Å²) in [5.41, 5.74) is 0.867. The van der Waals surface area contributed by atoms with E-state index in [1.165, 1.54) is 23.4 Å². The zero-order valence-corrected chi connectivity index (χ0v) is 10.3. The predicted octanol–water partition coefficient (Wildman–Crippen LogP) is 0.687. The van der Waals surface area contributed by atoms with Gasteiger partial charge in [-0.2, -0.15) is 0 Å². The van der Waals surface area contributed by atoms with Crippen LogP contribution in [0.2, 0.25) is 0 Å². The van der Waals surface area contributed by atoms with E-state index in [0.717, 1.165) is 6.42 Å². The standard InChI is InChI=1S/C12H14N4O2/c1-3-4-9-10(12(18)16(2)15-9)11(17)8-5-13-7-14-6-8/h5-7,15H,3-4H2,1-2H3. The summed E-state index contributed by atoms with van der Waals surface area (Å²) in [4.78, 5) is 31.8. The van der Waals surface area contributed by atoms with Gasteiger partial charge in [0.1, 0.15) is 11.9 Å². The van der Waals surface area contributed by atoms with Crippen molar-refractivity contribution >= 4 is 5.78 Å². The third kappa shape index (κ3) is 2.09. The topological polar surface area (TPSA) is 80.6 Å². The summed E-state index contributed by atoms with van der Waals surface area (Å²) in [5.74, 6) is -0.332. The van der Waals surface area contributed by atoms with E-state index in [-0.39, 0.29) is 16.9 Å². The molecule has 2 rings (SSSR count). The van der Waals surface area contributed by atoms with Crippen molar-refractivity contribution in [3.63, 3.8) is 0 Å². The van der Waals surface area contributed by atoms with Gasteiger partial charge in [0.05, 0.1) is 5.56 Å². The number of nitrogens with zero attached hydrogens (tertiary/aromatic N) is 3. The molecule has 2 aromatic heterocycles. The average Bonchev–Trinajstić information content (AvgIpc) is 2.66. The molecular formula is C12H14N4O2. The van der Waals surface area contributed by atoms with Gasteiger partial charge in [0.2, 0.25) is 5.78 Å². The molecule has 0 fully saturated rings.